The standard InChI is InChI=1S/C18H17N5O4/c1-2-23-13-8-7-11(9-12(13)19-22-23)17(24)20-21-18(25)16-10-26-14-5-3-4-6-15(14)27-16/h3-9,16H,2,10H2,1H3,(H,20,24)(H,21,25). The number of ether oxygens (including phenoxy) is 2. The summed E-state index contributed by atoms with van der Waals surface area (Å²) in [5.41, 5.74) is 6.54. The molecule has 2 heterocycles. The Morgan fingerprint density at radius 1 is 1.19 bits per heavy atom. The first-order chi connectivity index (χ1) is 13.2. The third kappa shape index (κ3) is 3.26. The Bertz CT molecular complexity index is 1020. The molecule has 0 radical (unpaired) electrons. The fraction of sp³-hybridized carbons (Fsp3) is 0.222. The second kappa shape index (κ2) is 6.94. The molecule has 9 nitrogen and oxygen atoms in total. The van der Waals surface area contributed by atoms with Crippen molar-refractivity contribution in [3.05, 3.63) is 48.0 Å². The normalized spacial score (nSPS) is 15.4. The van der Waals surface area contributed by atoms with Gasteiger partial charge in [-0.05, 0) is 37.3 Å². The Balaban J connectivity index is 1.38. The molecule has 0 aliphatic carbocycles. The highest BCUT2D eigenvalue weighted by atomic mass is 16.6. The largest absolute Gasteiger partial charge is 0.485 e. The molecule has 2 aromatic carbocycles. The van der Waals surface area contributed by atoms with E-state index in [0.29, 0.717) is 29.1 Å². The van der Waals surface area contributed by atoms with Gasteiger partial charge in [0.1, 0.15) is 12.1 Å². The summed E-state index contributed by atoms with van der Waals surface area (Å²) in [5.74, 6) is 0.1000. The average Bonchev–Trinajstić information content (AvgIpc) is 3.13. The quantitative estimate of drug-likeness (QED) is 0.670. The van der Waals surface area contributed by atoms with Gasteiger partial charge in [0.15, 0.2) is 11.5 Å². The number of hydrogen-bond acceptors (Lipinski definition) is 6. The molecule has 0 fully saturated rings. The van der Waals surface area contributed by atoms with Crippen LogP contribution >= 0.6 is 0 Å². The first-order valence-electron chi connectivity index (χ1n) is 8.47. The monoisotopic (exact) mass is 367 g/mol. The number of fused-ring (bicyclic) bond motifs is 2. The van der Waals surface area contributed by atoms with Crippen molar-refractivity contribution in [1.29, 1.82) is 0 Å². The molecule has 0 saturated heterocycles. The molecule has 0 spiro atoms. The topological polar surface area (TPSA) is 107 Å². The highest BCUT2D eigenvalue weighted by molar-refractivity contribution is 5.98. The Labute approximate surface area is 154 Å². The van der Waals surface area contributed by atoms with E-state index in [4.69, 9.17) is 9.47 Å². The molecule has 1 aromatic heterocycles. The van der Waals surface area contributed by atoms with Crippen LogP contribution in [0.25, 0.3) is 11.0 Å². The van der Waals surface area contributed by atoms with Crippen molar-refractivity contribution in [1.82, 2.24) is 25.8 Å². The number of nitrogens with one attached hydrogen (secondary N) is 2. The summed E-state index contributed by atoms with van der Waals surface area (Å²) in [7, 11) is 0. The maximum Gasteiger partial charge on any atom is 0.283 e. The van der Waals surface area contributed by atoms with E-state index >= 15 is 0 Å². The van der Waals surface area contributed by atoms with Crippen LogP contribution in [0.5, 0.6) is 11.5 Å². The van der Waals surface area contributed by atoms with Gasteiger partial charge in [0.05, 0.1) is 5.52 Å². The highest BCUT2D eigenvalue weighted by Gasteiger charge is 2.27. The molecule has 3 aromatic rings. The molecule has 1 atom stereocenters. The van der Waals surface area contributed by atoms with Crippen molar-refractivity contribution in [3.8, 4) is 11.5 Å². The predicted molar refractivity (Wildman–Crippen MR) is 95.2 cm³/mol. The minimum Gasteiger partial charge on any atom is -0.485 e. The number of aryl methyl sites for hydroxylation is 1. The van der Waals surface area contributed by atoms with Crippen LogP contribution in [0, 0.1) is 0 Å². The lowest BCUT2D eigenvalue weighted by molar-refractivity contribution is -0.131. The summed E-state index contributed by atoms with van der Waals surface area (Å²) >= 11 is 0. The molecule has 0 bridgehead atoms. The number of para-hydroxylation sites is 2. The first-order valence-corrected chi connectivity index (χ1v) is 8.47. The summed E-state index contributed by atoms with van der Waals surface area (Å²) in [6.07, 6.45) is -0.855. The Morgan fingerprint density at radius 2 is 2.00 bits per heavy atom. The summed E-state index contributed by atoms with van der Waals surface area (Å²) < 4.78 is 12.8. The number of amides is 2. The van der Waals surface area contributed by atoms with E-state index in [2.05, 4.69) is 21.2 Å². The van der Waals surface area contributed by atoms with Crippen LogP contribution in [0.2, 0.25) is 0 Å². The minimum atomic E-state index is -0.855. The van der Waals surface area contributed by atoms with Crippen LogP contribution in [0.3, 0.4) is 0 Å². The Morgan fingerprint density at radius 3 is 2.81 bits per heavy atom. The van der Waals surface area contributed by atoms with E-state index in [0.717, 1.165) is 5.52 Å². The first kappa shape index (κ1) is 16.8. The van der Waals surface area contributed by atoms with Crippen LogP contribution in [0.4, 0.5) is 0 Å². The van der Waals surface area contributed by atoms with Crippen LogP contribution < -0.4 is 20.3 Å². The summed E-state index contributed by atoms with van der Waals surface area (Å²) in [5, 5.41) is 8.03. The van der Waals surface area contributed by atoms with Gasteiger partial charge in [-0.1, -0.05) is 17.3 Å². The number of aromatic nitrogens is 3. The van der Waals surface area contributed by atoms with E-state index in [1.54, 1.807) is 41.1 Å². The molecule has 4 rings (SSSR count). The molecule has 9 heteroatoms. The molecular weight excluding hydrogens is 350 g/mol. The predicted octanol–water partition coefficient (Wildman–Crippen LogP) is 1.05. The number of rotatable bonds is 3. The van der Waals surface area contributed by atoms with Gasteiger partial charge in [0, 0.05) is 12.1 Å². The van der Waals surface area contributed by atoms with Gasteiger partial charge < -0.3 is 9.47 Å². The molecule has 2 amide bonds. The van der Waals surface area contributed by atoms with E-state index in [1.807, 2.05) is 13.0 Å². The van der Waals surface area contributed by atoms with Gasteiger partial charge in [-0.3, -0.25) is 20.4 Å². The van der Waals surface area contributed by atoms with E-state index in [9.17, 15) is 9.59 Å². The van der Waals surface area contributed by atoms with E-state index in [1.165, 1.54) is 0 Å². The van der Waals surface area contributed by atoms with Gasteiger partial charge in [-0.15, -0.1) is 5.10 Å². The van der Waals surface area contributed by atoms with Crippen LogP contribution in [-0.4, -0.2) is 39.5 Å². The lowest BCUT2D eigenvalue weighted by atomic mass is 10.2. The fourth-order valence-corrected chi connectivity index (χ4v) is 2.77. The molecule has 1 aliphatic heterocycles. The SMILES string of the molecule is CCn1nnc2cc(C(=O)NNC(=O)C3COc4ccccc4O3)ccc21. The smallest absolute Gasteiger partial charge is 0.283 e. The molecule has 1 aliphatic rings. The van der Waals surface area contributed by atoms with Crippen LogP contribution in [-0.2, 0) is 11.3 Å². The van der Waals surface area contributed by atoms with Crippen LogP contribution in [0.1, 0.15) is 17.3 Å². The second-order valence-electron chi connectivity index (χ2n) is 5.92. The minimum absolute atomic E-state index is 0.0603. The highest BCUT2D eigenvalue weighted by Crippen LogP contribution is 2.30. The number of hydrogen-bond donors (Lipinski definition) is 2. The molecule has 138 valence electrons. The van der Waals surface area contributed by atoms with Crippen LogP contribution in [0.15, 0.2) is 42.5 Å². The third-order valence-electron chi connectivity index (χ3n) is 4.18. The van der Waals surface area contributed by atoms with Crippen molar-refractivity contribution >= 4 is 22.8 Å². The van der Waals surface area contributed by atoms with Crippen molar-refractivity contribution in [2.24, 2.45) is 0 Å². The zero-order valence-electron chi connectivity index (χ0n) is 14.5. The molecule has 2 N–H and O–H groups in total. The van der Waals surface area contributed by atoms with Crippen molar-refractivity contribution < 1.29 is 19.1 Å². The van der Waals surface area contributed by atoms with E-state index in [-0.39, 0.29) is 6.61 Å². The summed E-state index contributed by atoms with van der Waals surface area (Å²) in [6, 6.07) is 12.1. The zero-order chi connectivity index (χ0) is 18.8. The van der Waals surface area contributed by atoms with Gasteiger partial charge in [-0.25, -0.2) is 4.68 Å². The summed E-state index contributed by atoms with van der Waals surface area (Å²) in [6.45, 7) is 2.70. The second-order valence-corrected chi connectivity index (χ2v) is 5.92. The van der Waals surface area contributed by atoms with Gasteiger partial charge in [-0.2, -0.15) is 0 Å². The van der Waals surface area contributed by atoms with Crippen molar-refractivity contribution in [2.75, 3.05) is 6.61 Å². The van der Waals surface area contributed by atoms with Gasteiger partial charge >= 0.3 is 0 Å². The number of hydrazine groups is 1. The lowest BCUT2D eigenvalue weighted by Gasteiger charge is -2.25. The molecule has 1 unspecified atom stereocenters. The summed E-state index contributed by atoms with van der Waals surface area (Å²) in [4.78, 5) is 24.5. The Kier molecular flexibility index (Phi) is 4.33. The van der Waals surface area contributed by atoms with Crippen molar-refractivity contribution in [2.45, 2.75) is 19.6 Å². The molecular formula is C18H17N5O4. The zero-order valence-corrected chi connectivity index (χ0v) is 14.5. The van der Waals surface area contributed by atoms with Gasteiger partial charge in [0.2, 0.25) is 6.10 Å². The Hall–Kier alpha value is -3.62. The van der Waals surface area contributed by atoms with E-state index < -0.39 is 17.9 Å². The lowest BCUT2D eigenvalue weighted by Crippen LogP contribution is -2.50. The van der Waals surface area contributed by atoms with Crippen molar-refractivity contribution in [3.63, 3.8) is 0 Å². The number of benzene rings is 2. The maximum absolute atomic E-state index is 12.3. The average molecular weight is 367 g/mol. The number of carbonyl (C=O) groups is 2. The number of carbonyl (C=O) groups excluding carboxylic acids is 2. The van der Waals surface area contributed by atoms with Gasteiger partial charge in [0.25, 0.3) is 11.8 Å². The molecule has 27 heavy (non-hydrogen) atoms. The fourth-order valence-electron chi connectivity index (χ4n) is 2.77. The third-order valence-corrected chi connectivity index (χ3v) is 4.18. The molecule has 0 saturated carbocycles. The maximum atomic E-state index is 12.3. The number of nitrogens with zero attached hydrogens (tertiary/aromatic N) is 3.